The minimum absolute atomic E-state index is 0.459. The van der Waals surface area contributed by atoms with Crippen molar-refractivity contribution >= 4 is 0 Å². The van der Waals surface area contributed by atoms with E-state index in [1.165, 1.54) is 12.8 Å². The van der Waals surface area contributed by atoms with Gasteiger partial charge in [0.1, 0.15) is 0 Å². The molecule has 0 aromatic rings. The lowest BCUT2D eigenvalue weighted by Crippen LogP contribution is -2.21. The molecule has 0 N–H and O–H groups in total. The van der Waals surface area contributed by atoms with Crippen LogP contribution in [-0.4, -0.2) is 26.4 Å². The van der Waals surface area contributed by atoms with Crippen LogP contribution in [0.5, 0.6) is 0 Å². The number of hydrogen-bond donors (Lipinski definition) is 0. The number of rotatable bonds is 0. The summed E-state index contributed by atoms with van der Waals surface area (Å²) in [5, 5.41) is 0. The van der Waals surface area contributed by atoms with Crippen molar-refractivity contribution in [2.75, 3.05) is 26.4 Å². The molecule has 1 heterocycles. The molecule has 0 amide bonds. The standard InChI is InChI=1S/C8H14O2/c1-4-9-6-8(2-3-8)7-10-5-1/h1-7H2. The molecule has 10 heavy (non-hydrogen) atoms. The predicted octanol–water partition coefficient (Wildman–Crippen LogP) is 1.20. The SMILES string of the molecule is C1COCC2(CC2)COC1. The summed E-state index contributed by atoms with van der Waals surface area (Å²) in [6.07, 6.45) is 3.69. The Bertz CT molecular complexity index is 108. The lowest BCUT2D eigenvalue weighted by molar-refractivity contribution is -0.0107. The van der Waals surface area contributed by atoms with E-state index < -0.39 is 0 Å². The van der Waals surface area contributed by atoms with Gasteiger partial charge in [-0.1, -0.05) is 0 Å². The van der Waals surface area contributed by atoms with Crippen molar-refractivity contribution in [1.82, 2.24) is 0 Å². The summed E-state index contributed by atoms with van der Waals surface area (Å²) >= 11 is 0. The zero-order valence-electron chi connectivity index (χ0n) is 6.27. The zero-order chi connectivity index (χ0) is 6.86. The van der Waals surface area contributed by atoms with Gasteiger partial charge in [0.05, 0.1) is 13.2 Å². The largest absolute Gasteiger partial charge is 0.381 e. The van der Waals surface area contributed by atoms with Crippen molar-refractivity contribution in [2.24, 2.45) is 5.41 Å². The molecule has 1 saturated carbocycles. The molecule has 2 aliphatic rings. The van der Waals surface area contributed by atoms with Crippen molar-refractivity contribution in [1.29, 1.82) is 0 Å². The third kappa shape index (κ3) is 1.32. The van der Waals surface area contributed by atoms with E-state index in [1.54, 1.807) is 0 Å². The van der Waals surface area contributed by atoms with Crippen LogP contribution in [0.4, 0.5) is 0 Å². The van der Waals surface area contributed by atoms with Crippen molar-refractivity contribution in [2.45, 2.75) is 19.3 Å². The highest BCUT2D eigenvalue weighted by atomic mass is 16.5. The minimum Gasteiger partial charge on any atom is -0.381 e. The summed E-state index contributed by atoms with van der Waals surface area (Å²) < 4.78 is 10.9. The third-order valence-electron chi connectivity index (χ3n) is 2.35. The van der Waals surface area contributed by atoms with Gasteiger partial charge in [-0.05, 0) is 19.3 Å². The van der Waals surface area contributed by atoms with Crippen LogP contribution >= 0.6 is 0 Å². The Labute approximate surface area is 61.5 Å². The zero-order valence-corrected chi connectivity index (χ0v) is 6.27. The minimum atomic E-state index is 0.459. The molecule has 1 saturated heterocycles. The van der Waals surface area contributed by atoms with E-state index in [0.717, 1.165) is 32.8 Å². The summed E-state index contributed by atoms with van der Waals surface area (Å²) in [5.74, 6) is 0. The molecule has 2 fully saturated rings. The molecule has 58 valence electrons. The number of hydrogen-bond acceptors (Lipinski definition) is 2. The Morgan fingerprint density at radius 2 is 1.50 bits per heavy atom. The quantitative estimate of drug-likeness (QED) is 0.506. The fraction of sp³-hybridized carbons (Fsp3) is 1.00. The fourth-order valence-electron chi connectivity index (χ4n) is 1.35. The van der Waals surface area contributed by atoms with Crippen LogP contribution in [0.15, 0.2) is 0 Å². The maximum Gasteiger partial charge on any atom is 0.0544 e. The topological polar surface area (TPSA) is 18.5 Å². The van der Waals surface area contributed by atoms with E-state index >= 15 is 0 Å². The first-order chi connectivity index (χ1) is 4.91. The molecule has 1 spiro atoms. The highest BCUT2D eigenvalue weighted by Crippen LogP contribution is 2.46. The van der Waals surface area contributed by atoms with Gasteiger partial charge in [0.15, 0.2) is 0 Å². The average molecular weight is 142 g/mol. The van der Waals surface area contributed by atoms with Gasteiger partial charge in [0.25, 0.3) is 0 Å². The van der Waals surface area contributed by atoms with Crippen LogP contribution < -0.4 is 0 Å². The van der Waals surface area contributed by atoms with Gasteiger partial charge in [0, 0.05) is 18.6 Å². The van der Waals surface area contributed by atoms with Crippen LogP contribution in [0.1, 0.15) is 19.3 Å². The Kier molecular flexibility index (Phi) is 1.66. The van der Waals surface area contributed by atoms with Gasteiger partial charge in [-0.3, -0.25) is 0 Å². The molecule has 1 aliphatic carbocycles. The molecular weight excluding hydrogens is 128 g/mol. The Morgan fingerprint density at radius 3 is 2.00 bits per heavy atom. The number of ether oxygens (including phenoxy) is 2. The van der Waals surface area contributed by atoms with Gasteiger partial charge in [-0.2, -0.15) is 0 Å². The first kappa shape index (κ1) is 6.62. The maximum absolute atomic E-state index is 5.47. The average Bonchev–Trinajstić information content (AvgIpc) is 2.61. The van der Waals surface area contributed by atoms with Gasteiger partial charge >= 0.3 is 0 Å². The van der Waals surface area contributed by atoms with E-state index in [-0.39, 0.29) is 0 Å². The molecule has 2 nitrogen and oxygen atoms in total. The maximum atomic E-state index is 5.47. The lowest BCUT2D eigenvalue weighted by atomic mass is 10.1. The van der Waals surface area contributed by atoms with E-state index in [4.69, 9.17) is 9.47 Å². The first-order valence-electron chi connectivity index (χ1n) is 4.07. The Morgan fingerprint density at radius 1 is 0.900 bits per heavy atom. The van der Waals surface area contributed by atoms with Crippen molar-refractivity contribution in [3.8, 4) is 0 Å². The normalized spacial score (nSPS) is 31.2. The first-order valence-corrected chi connectivity index (χ1v) is 4.07. The lowest BCUT2D eigenvalue weighted by Gasteiger charge is -2.18. The van der Waals surface area contributed by atoms with E-state index in [0.29, 0.717) is 5.41 Å². The summed E-state index contributed by atoms with van der Waals surface area (Å²) in [6.45, 7) is 3.66. The molecule has 0 aromatic carbocycles. The monoisotopic (exact) mass is 142 g/mol. The van der Waals surface area contributed by atoms with Crippen LogP contribution in [0, 0.1) is 5.41 Å². The Hall–Kier alpha value is -0.0800. The van der Waals surface area contributed by atoms with Gasteiger partial charge < -0.3 is 9.47 Å². The van der Waals surface area contributed by atoms with Crippen LogP contribution in [0.3, 0.4) is 0 Å². The van der Waals surface area contributed by atoms with Gasteiger partial charge in [-0.25, -0.2) is 0 Å². The van der Waals surface area contributed by atoms with Crippen LogP contribution in [-0.2, 0) is 9.47 Å². The second kappa shape index (κ2) is 2.51. The van der Waals surface area contributed by atoms with Gasteiger partial charge in [0.2, 0.25) is 0 Å². The molecule has 0 atom stereocenters. The van der Waals surface area contributed by atoms with Crippen molar-refractivity contribution < 1.29 is 9.47 Å². The van der Waals surface area contributed by atoms with Crippen LogP contribution in [0.25, 0.3) is 0 Å². The fourth-order valence-corrected chi connectivity index (χ4v) is 1.35. The van der Waals surface area contributed by atoms with E-state index in [9.17, 15) is 0 Å². The summed E-state index contributed by atoms with van der Waals surface area (Å²) in [7, 11) is 0. The Balaban J connectivity index is 1.84. The van der Waals surface area contributed by atoms with E-state index in [2.05, 4.69) is 0 Å². The van der Waals surface area contributed by atoms with Crippen molar-refractivity contribution in [3.05, 3.63) is 0 Å². The van der Waals surface area contributed by atoms with E-state index in [1.807, 2.05) is 0 Å². The highest BCUT2D eigenvalue weighted by molar-refractivity contribution is 4.93. The van der Waals surface area contributed by atoms with Crippen molar-refractivity contribution in [3.63, 3.8) is 0 Å². The highest BCUT2D eigenvalue weighted by Gasteiger charge is 2.43. The molecule has 0 aromatic heterocycles. The van der Waals surface area contributed by atoms with Crippen LogP contribution in [0.2, 0.25) is 0 Å². The smallest absolute Gasteiger partial charge is 0.0544 e. The molecule has 1 aliphatic heterocycles. The molecule has 2 heteroatoms. The summed E-state index contributed by atoms with van der Waals surface area (Å²) in [6, 6.07) is 0. The summed E-state index contributed by atoms with van der Waals surface area (Å²) in [4.78, 5) is 0. The summed E-state index contributed by atoms with van der Waals surface area (Å²) in [5.41, 5.74) is 0.459. The second-order valence-corrected chi connectivity index (χ2v) is 3.46. The molecule has 0 bridgehead atoms. The predicted molar refractivity (Wildman–Crippen MR) is 37.9 cm³/mol. The third-order valence-corrected chi connectivity index (χ3v) is 2.35. The molecular formula is C8H14O2. The molecule has 0 unspecified atom stereocenters. The molecule has 2 rings (SSSR count). The van der Waals surface area contributed by atoms with Gasteiger partial charge in [-0.15, -0.1) is 0 Å². The second-order valence-electron chi connectivity index (χ2n) is 3.46. The molecule has 0 radical (unpaired) electrons.